The Morgan fingerprint density at radius 3 is 2.67 bits per heavy atom. The monoisotopic (exact) mass is 173 g/mol. The van der Waals surface area contributed by atoms with Gasteiger partial charge in [0.05, 0.1) is 6.54 Å². The van der Waals surface area contributed by atoms with Crippen molar-refractivity contribution >= 4 is 5.78 Å². The molecule has 3 heteroatoms. The van der Waals surface area contributed by atoms with E-state index in [0.29, 0.717) is 19.2 Å². The first-order valence-electron chi connectivity index (χ1n) is 4.53. The zero-order valence-electron chi connectivity index (χ0n) is 8.22. The number of hydrogen-bond donors (Lipinski definition) is 1. The van der Waals surface area contributed by atoms with E-state index in [1.165, 1.54) is 0 Å². The summed E-state index contributed by atoms with van der Waals surface area (Å²) in [5.74, 6) is 0.122. The van der Waals surface area contributed by atoms with E-state index >= 15 is 0 Å². The fourth-order valence-electron chi connectivity index (χ4n) is 0.699. The third-order valence-corrected chi connectivity index (χ3v) is 1.73. The molecule has 1 N–H and O–H groups in total. The summed E-state index contributed by atoms with van der Waals surface area (Å²) in [5.41, 5.74) is 0. The van der Waals surface area contributed by atoms with Gasteiger partial charge in [-0.15, -0.1) is 0 Å². The zero-order valence-corrected chi connectivity index (χ0v) is 8.22. The Balaban J connectivity index is 3.31. The van der Waals surface area contributed by atoms with Gasteiger partial charge < -0.3 is 10.1 Å². The van der Waals surface area contributed by atoms with Gasteiger partial charge in [-0.1, -0.05) is 6.92 Å². The largest absolute Gasteiger partial charge is 0.374 e. The maximum absolute atomic E-state index is 11.0. The molecule has 1 atom stereocenters. The van der Waals surface area contributed by atoms with Gasteiger partial charge in [0.1, 0.15) is 6.61 Å². The lowest BCUT2D eigenvalue weighted by Crippen LogP contribution is -2.32. The molecule has 0 rings (SSSR count). The van der Waals surface area contributed by atoms with Crippen molar-refractivity contribution in [3.05, 3.63) is 0 Å². The maximum Gasteiger partial charge on any atom is 0.172 e. The summed E-state index contributed by atoms with van der Waals surface area (Å²) in [7, 11) is 0. The summed E-state index contributed by atoms with van der Waals surface area (Å²) < 4.78 is 4.97. The van der Waals surface area contributed by atoms with Crippen molar-refractivity contribution in [1.82, 2.24) is 5.32 Å². The molecule has 0 fully saturated rings. The van der Waals surface area contributed by atoms with Crippen molar-refractivity contribution in [2.24, 2.45) is 0 Å². The highest BCUT2D eigenvalue weighted by Crippen LogP contribution is 1.86. The number of rotatable bonds is 7. The first-order chi connectivity index (χ1) is 5.70. The van der Waals surface area contributed by atoms with Crippen molar-refractivity contribution in [2.45, 2.75) is 33.2 Å². The molecule has 3 nitrogen and oxygen atoms in total. The molecule has 0 aromatic carbocycles. The second kappa shape index (κ2) is 7.25. The topological polar surface area (TPSA) is 38.3 Å². The minimum Gasteiger partial charge on any atom is -0.374 e. The van der Waals surface area contributed by atoms with E-state index in [1.807, 2.05) is 6.92 Å². The minimum absolute atomic E-state index is 0.122. The second-order valence-corrected chi connectivity index (χ2v) is 2.87. The SMILES string of the molecule is CCOCC(=O)CNC(C)CC. The number of nitrogens with one attached hydrogen (secondary N) is 1. The van der Waals surface area contributed by atoms with Gasteiger partial charge in [-0.25, -0.2) is 0 Å². The summed E-state index contributed by atoms with van der Waals surface area (Å²) in [6.45, 7) is 7.30. The molecule has 0 aliphatic carbocycles. The lowest BCUT2D eigenvalue weighted by Gasteiger charge is -2.09. The second-order valence-electron chi connectivity index (χ2n) is 2.87. The summed E-state index contributed by atoms with van der Waals surface area (Å²) in [6.07, 6.45) is 1.04. The Hall–Kier alpha value is -0.410. The molecule has 0 aromatic heterocycles. The van der Waals surface area contributed by atoms with Crippen LogP contribution in [0, 0.1) is 0 Å². The molecule has 0 heterocycles. The molecular weight excluding hydrogens is 154 g/mol. The van der Waals surface area contributed by atoms with Crippen LogP contribution in [0.4, 0.5) is 0 Å². The van der Waals surface area contributed by atoms with Crippen molar-refractivity contribution in [3.8, 4) is 0 Å². The first kappa shape index (κ1) is 11.6. The van der Waals surface area contributed by atoms with Gasteiger partial charge in [-0.2, -0.15) is 0 Å². The molecule has 0 aromatic rings. The van der Waals surface area contributed by atoms with Crippen molar-refractivity contribution < 1.29 is 9.53 Å². The number of hydrogen-bond acceptors (Lipinski definition) is 3. The lowest BCUT2D eigenvalue weighted by molar-refractivity contribution is -0.122. The Morgan fingerprint density at radius 2 is 2.17 bits per heavy atom. The van der Waals surface area contributed by atoms with Gasteiger partial charge in [-0.05, 0) is 20.3 Å². The van der Waals surface area contributed by atoms with E-state index in [4.69, 9.17) is 4.74 Å². The number of ether oxygens (including phenoxy) is 1. The quantitative estimate of drug-likeness (QED) is 0.623. The average molecular weight is 173 g/mol. The molecule has 0 amide bonds. The highest BCUT2D eigenvalue weighted by molar-refractivity contribution is 5.81. The van der Waals surface area contributed by atoms with Crippen molar-refractivity contribution in [3.63, 3.8) is 0 Å². The van der Waals surface area contributed by atoms with Crippen LogP contribution in [-0.4, -0.2) is 31.6 Å². The predicted molar refractivity (Wildman–Crippen MR) is 49.3 cm³/mol. The third kappa shape index (κ3) is 6.31. The van der Waals surface area contributed by atoms with Crippen molar-refractivity contribution in [1.29, 1.82) is 0 Å². The maximum atomic E-state index is 11.0. The van der Waals surface area contributed by atoms with Crippen LogP contribution in [0.25, 0.3) is 0 Å². The van der Waals surface area contributed by atoms with Crippen LogP contribution in [0.5, 0.6) is 0 Å². The first-order valence-corrected chi connectivity index (χ1v) is 4.53. The van der Waals surface area contributed by atoms with E-state index in [1.54, 1.807) is 0 Å². The molecule has 0 aliphatic rings. The van der Waals surface area contributed by atoms with Gasteiger partial charge in [0.25, 0.3) is 0 Å². The van der Waals surface area contributed by atoms with E-state index in [2.05, 4.69) is 19.2 Å². The molecule has 0 saturated carbocycles. The fraction of sp³-hybridized carbons (Fsp3) is 0.889. The minimum atomic E-state index is 0.122. The summed E-state index contributed by atoms with van der Waals surface area (Å²) in [5, 5.41) is 3.11. The predicted octanol–water partition coefficient (Wildman–Crippen LogP) is 0.980. The van der Waals surface area contributed by atoms with Gasteiger partial charge in [0.2, 0.25) is 0 Å². The third-order valence-electron chi connectivity index (χ3n) is 1.73. The molecule has 0 radical (unpaired) electrons. The molecule has 0 spiro atoms. The van der Waals surface area contributed by atoms with Gasteiger partial charge >= 0.3 is 0 Å². The average Bonchev–Trinajstić information content (AvgIpc) is 2.10. The van der Waals surface area contributed by atoms with Gasteiger partial charge in [0.15, 0.2) is 5.78 Å². The zero-order chi connectivity index (χ0) is 9.40. The van der Waals surface area contributed by atoms with Crippen LogP contribution < -0.4 is 5.32 Å². The number of carbonyl (C=O) groups is 1. The normalized spacial score (nSPS) is 12.9. The van der Waals surface area contributed by atoms with Gasteiger partial charge in [-0.3, -0.25) is 4.79 Å². The lowest BCUT2D eigenvalue weighted by atomic mass is 10.2. The Morgan fingerprint density at radius 1 is 1.50 bits per heavy atom. The molecule has 72 valence electrons. The standard InChI is InChI=1S/C9H19NO2/c1-4-8(3)10-6-9(11)7-12-5-2/h8,10H,4-7H2,1-3H3. The highest BCUT2D eigenvalue weighted by Gasteiger charge is 2.03. The Bertz CT molecular complexity index is 126. The number of Topliss-reactive ketones (excluding diaryl/α,β-unsaturated/α-hetero) is 1. The van der Waals surface area contributed by atoms with Crippen LogP contribution in [0.3, 0.4) is 0 Å². The number of ketones is 1. The molecule has 0 saturated heterocycles. The Kier molecular flexibility index (Phi) is 7.00. The van der Waals surface area contributed by atoms with E-state index < -0.39 is 0 Å². The Labute approximate surface area is 74.5 Å². The van der Waals surface area contributed by atoms with Gasteiger partial charge in [0, 0.05) is 12.6 Å². The van der Waals surface area contributed by atoms with Crippen LogP contribution in [-0.2, 0) is 9.53 Å². The molecule has 1 unspecified atom stereocenters. The molecule has 0 aliphatic heterocycles. The van der Waals surface area contributed by atoms with Crippen LogP contribution in [0.15, 0.2) is 0 Å². The molecular formula is C9H19NO2. The van der Waals surface area contributed by atoms with Crippen molar-refractivity contribution in [2.75, 3.05) is 19.8 Å². The van der Waals surface area contributed by atoms with Crippen LogP contribution in [0.2, 0.25) is 0 Å². The smallest absolute Gasteiger partial charge is 0.172 e. The van der Waals surface area contributed by atoms with Crippen LogP contribution in [0.1, 0.15) is 27.2 Å². The summed E-state index contributed by atoms with van der Waals surface area (Å²) in [6, 6.07) is 0.413. The van der Waals surface area contributed by atoms with E-state index in [-0.39, 0.29) is 12.4 Å². The summed E-state index contributed by atoms with van der Waals surface area (Å²) in [4.78, 5) is 11.0. The molecule has 0 bridgehead atoms. The molecule has 12 heavy (non-hydrogen) atoms. The summed E-state index contributed by atoms with van der Waals surface area (Å²) >= 11 is 0. The van der Waals surface area contributed by atoms with Crippen LogP contribution >= 0.6 is 0 Å². The number of carbonyl (C=O) groups excluding carboxylic acids is 1. The van der Waals surface area contributed by atoms with E-state index in [9.17, 15) is 4.79 Å². The fourth-order valence-corrected chi connectivity index (χ4v) is 0.699. The highest BCUT2D eigenvalue weighted by atomic mass is 16.5. The van der Waals surface area contributed by atoms with E-state index in [0.717, 1.165) is 6.42 Å².